The average Bonchev–Trinajstić information content (AvgIpc) is 2.35. The van der Waals surface area contributed by atoms with Gasteiger partial charge in [-0.05, 0) is 26.7 Å². The van der Waals surface area contributed by atoms with Gasteiger partial charge in [0.1, 0.15) is 0 Å². The minimum absolute atomic E-state index is 0.106. The highest BCUT2D eigenvalue weighted by Crippen LogP contribution is 2.37. The monoisotopic (exact) mass is 130 g/mol. The highest BCUT2D eigenvalue weighted by molar-refractivity contribution is 4.94. The summed E-state index contributed by atoms with van der Waals surface area (Å²) in [7, 11) is 0. The Morgan fingerprint density at radius 1 is 1.56 bits per heavy atom. The summed E-state index contributed by atoms with van der Waals surface area (Å²) in [5, 5.41) is 8.46. The number of epoxide rings is 1. The van der Waals surface area contributed by atoms with E-state index in [9.17, 15) is 0 Å². The molecular formula is C7H14O2. The molecule has 1 aliphatic rings. The zero-order chi connectivity index (χ0) is 6.91. The predicted molar refractivity (Wildman–Crippen MR) is 35.3 cm³/mol. The number of aliphatic hydroxyl groups is 1. The Labute approximate surface area is 55.8 Å². The van der Waals surface area contributed by atoms with Crippen molar-refractivity contribution < 1.29 is 9.84 Å². The molecule has 0 aromatic heterocycles. The molecule has 0 radical (unpaired) electrons. The molecule has 54 valence electrons. The first-order chi connectivity index (χ1) is 4.17. The van der Waals surface area contributed by atoms with Crippen LogP contribution in [0.5, 0.6) is 0 Å². The minimum Gasteiger partial charge on any atom is -0.396 e. The highest BCUT2D eigenvalue weighted by atomic mass is 16.6. The SMILES string of the molecule is CC1(C)OC1CCCO. The van der Waals surface area contributed by atoms with Crippen LogP contribution in [-0.2, 0) is 4.74 Å². The summed E-state index contributed by atoms with van der Waals surface area (Å²) in [6, 6.07) is 0. The number of rotatable bonds is 3. The molecule has 0 saturated carbocycles. The molecule has 0 bridgehead atoms. The van der Waals surface area contributed by atoms with Crippen molar-refractivity contribution >= 4 is 0 Å². The summed E-state index contributed by atoms with van der Waals surface area (Å²) < 4.78 is 5.30. The molecule has 0 aromatic carbocycles. The van der Waals surface area contributed by atoms with Crippen molar-refractivity contribution in [2.45, 2.75) is 38.4 Å². The Morgan fingerprint density at radius 3 is 2.44 bits per heavy atom. The van der Waals surface area contributed by atoms with Crippen LogP contribution in [0.3, 0.4) is 0 Å². The lowest BCUT2D eigenvalue weighted by molar-refractivity contribution is 0.270. The maximum atomic E-state index is 8.46. The van der Waals surface area contributed by atoms with Crippen LogP contribution in [-0.4, -0.2) is 23.4 Å². The molecule has 2 heteroatoms. The summed E-state index contributed by atoms with van der Waals surface area (Å²) >= 11 is 0. The van der Waals surface area contributed by atoms with Crippen molar-refractivity contribution in [3.8, 4) is 0 Å². The van der Waals surface area contributed by atoms with E-state index in [0.29, 0.717) is 6.10 Å². The van der Waals surface area contributed by atoms with Crippen LogP contribution in [0.25, 0.3) is 0 Å². The maximum absolute atomic E-state index is 8.46. The van der Waals surface area contributed by atoms with Gasteiger partial charge < -0.3 is 9.84 Å². The Bertz CT molecular complexity index is 99.1. The lowest BCUT2D eigenvalue weighted by atomic mass is 10.1. The van der Waals surface area contributed by atoms with Crippen molar-refractivity contribution in [1.82, 2.24) is 0 Å². The van der Waals surface area contributed by atoms with Crippen LogP contribution in [0, 0.1) is 0 Å². The first-order valence-corrected chi connectivity index (χ1v) is 3.45. The third-order valence-corrected chi connectivity index (χ3v) is 1.79. The third kappa shape index (κ3) is 1.66. The van der Waals surface area contributed by atoms with Gasteiger partial charge in [0.2, 0.25) is 0 Å². The second kappa shape index (κ2) is 2.27. The van der Waals surface area contributed by atoms with Crippen LogP contribution in [0.1, 0.15) is 26.7 Å². The standard InChI is InChI=1S/C7H14O2/c1-7(2)6(9-7)4-3-5-8/h6,8H,3-5H2,1-2H3. The van der Waals surface area contributed by atoms with Crippen molar-refractivity contribution in [3.05, 3.63) is 0 Å². The smallest absolute Gasteiger partial charge is 0.0892 e. The fraction of sp³-hybridized carbons (Fsp3) is 1.00. The van der Waals surface area contributed by atoms with Crippen molar-refractivity contribution in [2.75, 3.05) is 6.61 Å². The van der Waals surface area contributed by atoms with E-state index in [4.69, 9.17) is 9.84 Å². The van der Waals surface area contributed by atoms with E-state index in [1.54, 1.807) is 0 Å². The molecule has 1 N–H and O–H groups in total. The molecule has 2 nitrogen and oxygen atoms in total. The normalized spacial score (nSPS) is 30.3. The molecule has 1 heterocycles. The van der Waals surface area contributed by atoms with E-state index >= 15 is 0 Å². The van der Waals surface area contributed by atoms with Crippen LogP contribution >= 0.6 is 0 Å². The minimum atomic E-state index is 0.106. The number of hydrogen-bond acceptors (Lipinski definition) is 2. The molecule has 1 fully saturated rings. The van der Waals surface area contributed by atoms with Gasteiger partial charge in [0.05, 0.1) is 11.7 Å². The molecule has 0 spiro atoms. The Balaban J connectivity index is 2.06. The van der Waals surface area contributed by atoms with Gasteiger partial charge in [0, 0.05) is 6.61 Å². The lowest BCUT2D eigenvalue weighted by Crippen LogP contribution is -2.03. The Hall–Kier alpha value is -0.0800. The molecule has 9 heavy (non-hydrogen) atoms. The number of aliphatic hydroxyl groups excluding tert-OH is 1. The maximum Gasteiger partial charge on any atom is 0.0892 e. The summed E-state index contributed by atoms with van der Waals surface area (Å²) in [6.07, 6.45) is 2.28. The summed E-state index contributed by atoms with van der Waals surface area (Å²) in [5.41, 5.74) is 0.106. The lowest BCUT2D eigenvalue weighted by Gasteiger charge is -1.93. The van der Waals surface area contributed by atoms with Gasteiger partial charge in [-0.3, -0.25) is 0 Å². The molecule has 1 rings (SSSR count). The van der Waals surface area contributed by atoms with Crippen LogP contribution in [0.4, 0.5) is 0 Å². The van der Waals surface area contributed by atoms with E-state index in [2.05, 4.69) is 13.8 Å². The Morgan fingerprint density at radius 2 is 2.11 bits per heavy atom. The number of ether oxygens (including phenoxy) is 1. The molecular weight excluding hydrogens is 116 g/mol. The van der Waals surface area contributed by atoms with Gasteiger partial charge in [-0.1, -0.05) is 0 Å². The molecule has 0 aliphatic carbocycles. The summed E-state index contributed by atoms with van der Waals surface area (Å²) in [5.74, 6) is 0. The van der Waals surface area contributed by atoms with E-state index in [0.717, 1.165) is 12.8 Å². The van der Waals surface area contributed by atoms with E-state index < -0.39 is 0 Å². The molecule has 1 atom stereocenters. The van der Waals surface area contributed by atoms with Gasteiger partial charge in [-0.25, -0.2) is 0 Å². The summed E-state index contributed by atoms with van der Waals surface area (Å²) in [4.78, 5) is 0. The van der Waals surface area contributed by atoms with Gasteiger partial charge in [0.25, 0.3) is 0 Å². The van der Waals surface area contributed by atoms with E-state index in [1.165, 1.54) is 0 Å². The average molecular weight is 130 g/mol. The van der Waals surface area contributed by atoms with Crippen LogP contribution in [0.2, 0.25) is 0 Å². The first-order valence-electron chi connectivity index (χ1n) is 3.45. The van der Waals surface area contributed by atoms with Gasteiger partial charge in [-0.15, -0.1) is 0 Å². The first kappa shape index (κ1) is 7.03. The number of hydrogen-bond donors (Lipinski definition) is 1. The zero-order valence-corrected chi connectivity index (χ0v) is 6.05. The second-order valence-corrected chi connectivity index (χ2v) is 3.08. The molecule has 1 unspecified atom stereocenters. The Kier molecular flexibility index (Phi) is 1.78. The molecule has 1 saturated heterocycles. The quantitative estimate of drug-likeness (QED) is 0.576. The van der Waals surface area contributed by atoms with Gasteiger partial charge in [0.15, 0.2) is 0 Å². The van der Waals surface area contributed by atoms with E-state index in [1.807, 2.05) is 0 Å². The van der Waals surface area contributed by atoms with Crippen LogP contribution in [0.15, 0.2) is 0 Å². The van der Waals surface area contributed by atoms with Crippen molar-refractivity contribution in [1.29, 1.82) is 0 Å². The fourth-order valence-electron chi connectivity index (χ4n) is 1.02. The van der Waals surface area contributed by atoms with Crippen LogP contribution < -0.4 is 0 Å². The topological polar surface area (TPSA) is 32.8 Å². The second-order valence-electron chi connectivity index (χ2n) is 3.08. The predicted octanol–water partition coefficient (Wildman–Crippen LogP) is 0.936. The molecule has 1 aliphatic heterocycles. The molecule has 0 amide bonds. The van der Waals surface area contributed by atoms with E-state index in [-0.39, 0.29) is 12.2 Å². The van der Waals surface area contributed by atoms with Gasteiger partial charge in [-0.2, -0.15) is 0 Å². The third-order valence-electron chi connectivity index (χ3n) is 1.79. The largest absolute Gasteiger partial charge is 0.396 e. The van der Waals surface area contributed by atoms with Gasteiger partial charge >= 0.3 is 0 Å². The van der Waals surface area contributed by atoms with Crippen molar-refractivity contribution in [3.63, 3.8) is 0 Å². The highest BCUT2D eigenvalue weighted by Gasteiger charge is 2.46. The molecule has 0 aromatic rings. The summed E-state index contributed by atoms with van der Waals surface area (Å²) in [6.45, 7) is 4.44. The fourth-order valence-corrected chi connectivity index (χ4v) is 1.02. The zero-order valence-electron chi connectivity index (χ0n) is 6.05. The van der Waals surface area contributed by atoms with Crippen molar-refractivity contribution in [2.24, 2.45) is 0 Å².